The lowest BCUT2D eigenvalue weighted by Gasteiger charge is -1.90. The van der Waals surface area contributed by atoms with E-state index >= 15 is 0 Å². The lowest BCUT2D eigenvalue weighted by Crippen LogP contribution is -2.00. The molecular formula is C8H8O3P+. The largest absolute Gasteiger partial charge is 0.478 e. The molecule has 1 rings (SSSR count). The van der Waals surface area contributed by atoms with Crippen LogP contribution < -0.4 is 5.30 Å². The van der Waals surface area contributed by atoms with E-state index in [9.17, 15) is 9.36 Å². The van der Waals surface area contributed by atoms with Crippen molar-refractivity contribution >= 4 is 19.1 Å². The minimum Gasteiger partial charge on any atom is -0.478 e. The summed E-state index contributed by atoms with van der Waals surface area (Å²) in [5, 5.41) is 9.22. The van der Waals surface area contributed by atoms with Crippen LogP contribution in [0.5, 0.6) is 0 Å². The number of aromatic carboxylic acids is 1. The first-order valence-electron chi connectivity index (χ1n) is 3.35. The van der Waals surface area contributed by atoms with Crippen molar-refractivity contribution in [1.82, 2.24) is 0 Å². The second-order valence-corrected chi connectivity index (χ2v) is 3.86. The summed E-state index contributed by atoms with van der Waals surface area (Å²) in [5.41, 5.74) is 0.218. The van der Waals surface area contributed by atoms with Gasteiger partial charge in [0.2, 0.25) is 0 Å². The normalized spacial score (nSPS) is 10.9. The average molecular weight is 183 g/mol. The molecule has 0 fully saturated rings. The Morgan fingerprint density at radius 1 is 1.33 bits per heavy atom. The molecule has 62 valence electrons. The maximum Gasteiger partial charge on any atom is 0.373 e. The molecule has 0 bridgehead atoms. The third-order valence-corrected chi connectivity index (χ3v) is 2.50. The second-order valence-electron chi connectivity index (χ2n) is 2.35. The van der Waals surface area contributed by atoms with Gasteiger partial charge >= 0.3 is 13.8 Å². The quantitative estimate of drug-likeness (QED) is 0.706. The average Bonchev–Trinajstić information content (AvgIpc) is 2.04. The van der Waals surface area contributed by atoms with Crippen LogP contribution in [0.3, 0.4) is 0 Å². The fourth-order valence-corrected chi connectivity index (χ4v) is 1.38. The zero-order valence-corrected chi connectivity index (χ0v) is 7.41. The van der Waals surface area contributed by atoms with E-state index in [4.69, 9.17) is 5.11 Å². The number of carboxylic acids is 1. The SMILES string of the molecule is C[P+](=O)c1ccc(C(=O)O)cc1. The topological polar surface area (TPSA) is 54.4 Å². The lowest BCUT2D eigenvalue weighted by molar-refractivity contribution is 0.0697. The predicted molar refractivity (Wildman–Crippen MR) is 46.6 cm³/mol. The highest BCUT2D eigenvalue weighted by Gasteiger charge is 2.11. The van der Waals surface area contributed by atoms with E-state index in [0.717, 1.165) is 0 Å². The van der Waals surface area contributed by atoms with Gasteiger partial charge in [-0.25, -0.2) is 4.79 Å². The molecule has 0 saturated heterocycles. The maximum absolute atomic E-state index is 10.9. The van der Waals surface area contributed by atoms with Gasteiger partial charge in [0.1, 0.15) is 6.66 Å². The molecular weight excluding hydrogens is 175 g/mol. The molecule has 1 aromatic rings. The Hall–Kier alpha value is -1.21. The molecule has 1 N–H and O–H groups in total. The van der Waals surface area contributed by atoms with Crippen molar-refractivity contribution in [3.05, 3.63) is 29.8 Å². The van der Waals surface area contributed by atoms with E-state index in [1.165, 1.54) is 12.1 Å². The van der Waals surface area contributed by atoms with Gasteiger partial charge in [-0.2, -0.15) is 0 Å². The third kappa shape index (κ3) is 1.89. The Morgan fingerprint density at radius 2 is 1.83 bits per heavy atom. The smallest absolute Gasteiger partial charge is 0.373 e. The van der Waals surface area contributed by atoms with Crippen molar-refractivity contribution in [2.24, 2.45) is 0 Å². The number of hydrogen-bond acceptors (Lipinski definition) is 2. The molecule has 12 heavy (non-hydrogen) atoms. The molecule has 0 heterocycles. The van der Waals surface area contributed by atoms with Crippen LogP contribution in [0.1, 0.15) is 10.4 Å². The maximum atomic E-state index is 10.9. The number of carbonyl (C=O) groups is 1. The summed E-state index contributed by atoms with van der Waals surface area (Å²) < 4.78 is 10.9. The number of benzene rings is 1. The van der Waals surface area contributed by atoms with Crippen LogP contribution >= 0.6 is 7.80 Å². The van der Waals surface area contributed by atoms with Gasteiger partial charge < -0.3 is 5.11 Å². The Balaban J connectivity index is 3.01. The highest BCUT2D eigenvalue weighted by molar-refractivity contribution is 7.52. The molecule has 0 aromatic heterocycles. The Kier molecular flexibility index (Phi) is 2.56. The number of rotatable bonds is 2. The molecule has 0 amide bonds. The summed E-state index contributed by atoms with van der Waals surface area (Å²) in [6, 6.07) is 6.05. The van der Waals surface area contributed by atoms with Gasteiger partial charge in [-0.05, 0) is 24.3 Å². The van der Waals surface area contributed by atoms with E-state index in [-0.39, 0.29) is 5.56 Å². The molecule has 1 unspecified atom stereocenters. The van der Waals surface area contributed by atoms with Gasteiger partial charge in [-0.15, -0.1) is 0 Å². The first-order valence-corrected chi connectivity index (χ1v) is 5.06. The molecule has 0 aliphatic carbocycles. The van der Waals surface area contributed by atoms with Crippen molar-refractivity contribution in [3.63, 3.8) is 0 Å². The van der Waals surface area contributed by atoms with Gasteiger partial charge in [-0.1, -0.05) is 4.57 Å². The van der Waals surface area contributed by atoms with Crippen molar-refractivity contribution in [2.75, 3.05) is 6.66 Å². The fourth-order valence-electron chi connectivity index (χ4n) is 0.814. The molecule has 0 radical (unpaired) electrons. The summed E-state index contributed by atoms with van der Waals surface area (Å²) in [4.78, 5) is 10.4. The monoisotopic (exact) mass is 183 g/mol. The van der Waals surface area contributed by atoms with Gasteiger partial charge in [-0.3, -0.25) is 0 Å². The molecule has 1 atom stereocenters. The van der Waals surface area contributed by atoms with Crippen LogP contribution in [-0.2, 0) is 4.57 Å². The van der Waals surface area contributed by atoms with Crippen LogP contribution in [-0.4, -0.2) is 17.7 Å². The molecule has 0 aliphatic rings. The first kappa shape index (κ1) is 8.88. The van der Waals surface area contributed by atoms with Crippen molar-refractivity contribution in [1.29, 1.82) is 0 Å². The van der Waals surface area contributed by atoms with Crippen molar-refractivity contribution in [3.8, 4) is 0 Å². The van der Waals surface area contributed by atoms with E-state index < -0.39 is 13.8 Å². The molecule has 1 aromatic carbocycles. The molecule has 3 nitrogen and oxygen atoms in total. The highest BCUT2D eigenvalue weighted by atomic mass is 31.1. The molecule has 0 saturated carbocycles. The first-order chi connectivity index (χ1) is 5.61. The fraction of sp³-hybridized carbons (Fsp3) is 0.125. The minimum atomic E-state index is -1.37. The van der Waals surface area contributed by atoms with Crippen LogP contribution in [0.2, 0.25) is 0 Å². The summed E-state index contributed by atoms with van der Waals surface area (Å²) in [6.07, 6.45) is 0. The standard InChI is InChI=1S/C8H7O3P/c1-12(11)7-4-2-6(3-5-7)8(9)10/h2-5H,1H3/p+1. The summed E-state index contributed by atoms with van der Waals surface area (Å²) in [6.45, 7) is 1.59. The number of carboxylic acid groups (broad SMARTS) is 1. The molecule has 0 spiro atoms. The van der Waals surface area contributed by atoms with E-state index in [1.54, 1.807) is 18.8 Å². The van der Waals surface area contributed by atoms with E-state index in [0.29, 0.717) is 5.30 Å². The van der Waals surface area contributed by atoms with Crippen molar-refractivity contribution in [2.45, 2.75) is 0 Å². The Bertz CT molecular complexity index is 283. The van der Waals surface area contributed by atoms with E-state index in [2.05, 4.69) is 0 Å². The Morgan fingerprint density at radius 3 is 2.17 bits per heavy atom. The van der Waals surface area contributed by atoms with Gasteiger partial charge in [0.15, 0.2) is 5.30 Å². The van der Waals surface area contributed by atoms with Gasteiger partial charge in [0.05, 0.1) is 5.56 Å². The minimum absolute atomic E-state index is 0.218. The summed E-state index contributed by atoms with van der Waals surface area (Å²) in [5.74, 6) is -0.965. The zero-order chi connectivity index (χ0) is 9.14. The van der Waals surface area contributed by atoms with Crippen LogP contribution in [0.4, 0.5) is 0 Å². The molecule has 0 aliphatic heterocycles. The Labute approximate surface area is 70.8 Å². The summed E-state index contributed by atoms with van der Waals surface area (Å²) in [7, 11) is -1.37. The highest BCUT2D eigenvalue weighted by Crippen LogP contribution is 2.13. The van der Waals surface area contributed by atoms with Gasteiger partial charge in [0, 0.05) is 0 Å². The van der Waals surface area contributed by atoms with Crippen LogP contribution in [0.15, 0.2) is 24.3 Å². The predicted octanol–water partition coefficient (Wildman–Crippen LogP) is 1.47. The third-order valence-electron chi connectivity index (χ3n) is 1.48. The molecule has 4 heteroatoms. The van der Waals surface area contributed by atoms with Gasteiger partial charge in [0.25, 0.3) is 0 Å². The van der Waals surface area contributed by atoms with E-state index in [1.807, 2.05) is 0 Å². The van der Waals surface area contributed by atoms with Crippen molar-refractivity contribution < 1.29 is 14.5 Å². The number of hydrogen-bond donors (Lipinski definition) is 1. The zero-order valence-electron chi connectivity index (χ0n) is 6.52. The summed E-state index contributed by atoms with van der Waals surface area (Å²) >= 11 is 0. The van der Waals surface area contributed by atoms with Crippen LogP contribution in [0.25, 0.3) is 0 Å². The second kappa shape index (κ2) is 3.46. The lowest BCUT2D eigenvalue weighted by atomic mass is 10.2. The van der Waals surface area contributed by atoms with Crippen LogP contribution in [0, 0.1) is 0 Å².